The van der Waals surface area contributed by atoms with Crippen LogP contribution in [-0.4, -0.2) is 55.9 Å². The third kappa shape index (κ3) is 7.17. The van der Waals surface area contributed by atoms with Crippen LogP contribution in [0.15, 0.2) is 30.3 Å². The van der Waals surface area contributed by atoms with Crippen LogP contribution in [0.5, 0.6) is 0 Å². The van der Waals surface area contributed by atoms with Gasteiger partial charge in [0, 0.05) is 0 Å². The van der Waals surface area contributed by atoms with E-state index < -0.39 is 66.0 Å². The monoisotopic (exact) mass is 408 g/mol. The van der Waals surface area contributed by atoms with Gasteiger partial charge in [-0.25, -0.2) is 0 Å². The molecule has 0 bridgehead atoms. The molecular formula is C19H20O10. The zero-order chi connectivity index (χ0) is 22.1. The lowest BCUT2D eigenvalue weighted by Gasteiger charge is -2.27. The van der Waals surface area contributed by atoms with Crippen LogP contribution in [0.1, 0.15) is 24.8 Å². The fourth-order valence-electron chi connectivity index (χ4n) is 3.14. The fourth-order valence-corrected chi connectivity index (χ4v) is 3.14. The molecular weight excluding hydrogens is 388 g/mol. The van der Waals surface area contributed by atoms with Gasteiger partial charge in [0.25, 0.3) is 0 Å². The summed E-state index contributed by atoms with van der Waals surface area (Å²) in [6.45, 7) is 0. The Bertz CT molecular complexity index is 752. The lowest BCUT2D eigenvalue weighted by Crippen LogP contribution is -2.43. The first kappa shape index (κ1) is 23.5. The summed E-state index contributed by atoms with van der Waals surface area (Å²) < 4.78 is 0. The number of aliphatic carboxylic acids is 4. The number of aryl methyl sites for hydroxylation is 1. The van der Waals surface area contributed by atoms with Crippen molar-refractivity contribution in [3.63, 3.8) is 0 Å². The van der Waals surface area contributed by atoms with Gasteiger partial charge in [-0.15, -0.1) is 0 Å². The molecule has 0 aliphatic carbocycles. The molecule has 0 heterocycles. The molecule has 0 spiro atoms. The highest BCUT2D eigenvalue weighted by Crippen LogP contribution is 2.31. The smallest absolute Gasteiger partial charge is 0.314 e. The van der Waals surface area contributed by atoms with Crippen LogP contribution in [0.2, 0.25) is 0 Å². The van der Waals surface area contributed by atoms with Gasteiger partial charge in [-0.2, -0.15) is 0 Å². The van der Waals surface area contributed by atoms with E-state index in [1.165, 1.54) is 0 Å². The Balaban J connectivity index is 3.35. The molecule has 2 atom stereocenters. The summed E-state index contributed by atoms with van der Waals surface area (Å²) in [5.41, 5.74) is 0.669. The van der Waals surface area contributed by atoms with E-state index >= 15 is 0 Å². The summed E-state index contributed by atoms with van der Waals surface area (Å²) >= 11 is 0. The molecule has 0 aliphatic rings. The molecule has 4 N–H and O–H groups in total. The third-order valence-corrected chi connectivity index (χ3v) is 4.34. The molecule has 0 amide bonds. The predicted octanol–water partition coefficient (Wildman–Crippen LogP) is 0.725. The zero-order valence-corrected chi connectivity index (χ0v) is 15.2. The van der Waals surface area contributed by atoms with Gasteiger partial charge in [0.2, 0.25) is 0 Å². The molecule has 10 heteroatoms. The molecule has 1 aromatic carbocycles. The van der Waals surface area contributed by atoms with Crippen molar-refractivity contribution in [3.8, 4) is 0 Å². The fraction of sp³-hybridized carbons (Fsp3) is 0.368. The highest BCUT2D eigenvalue weighted by molar-refractivity contribution is 6.09. The highest BCUT2D eigenvalue weighted by atomic mass is 16.4. The summed E-state index contributed by atoms with van der Waals surface area (Å²) in [6.07, 6.45) is -2.50. The molecule has 0 fully saturated rings. The van der Waals surface area contributed by atoms with Crippen molar-refractivity contribution >= 4 is 35.4 Å². The van der Waals surface area contributed by atoms with Crippen molar-refractivity contribution in [2.45, 2.75) is 25.7 Å². The number of benzene rings is 1. The molecule has 1 rings (SSSR count). The number of hydrogen-bond donors (Lipinski definition) is 4. The molecule has 2 unspecified atom stereocenters. The molecule has 0 aliphatic heterocycles. The van der Waals surface area contributed by atoms with Gasteiger partial charge >= 0.3 is 23.9 Å². The van der Waals surface area contributed by atoms with E-state index in [-0.39, 0.29) is 12.8 Å². The minimum Gasteiger partial charge on any atom is -0.481 e. The second-order valence-electron chi connectivity index (χ2n) is 6.39. The molecule has 0 aromatic heterocycles. The van der Waals surface area contributed by atoms with Crippen LogP contribution in [0.4, 0.5) is 0 Å². The summed E-state index contributed by atoms with van der Waals surface area (Å²) in [5, 5.41) is 36.6. The number of carbonyl (C=O) groups is 6. The zero-order valence-electron chi connectivity index (χ0n) is 15.2. The number of carbonyl (C=O) groups excluding carboxylic acids is 2. The van der Waals surface area contributed by atoms with Crippen molar-refractivity contribution in [1.82, 2.24) is 0 Å². The number of Topliss-reactive ketones (excluding diaryl/α,β-unsaturated/α-hetero) is 2. The van der Waals surface area contributed by atoms with Crippen LogP contribution in [0, 0.1) is 17.8 Å². The van der Waals surface area contributed by atoms with Crippen LogP contribution in [-0.2, 0) is 35.2 Å². The van der Waals surface area contributed by atoms with E-state index in [1.54, 1.807) is 30.3 Å². The van der Waals surface area contributed by atoms with Crippen LogP contribution in [0.3, 0.4) is 0 Å². The topological polar surface area (TPSA) is 183 Å². The van der Waals surface area contributed by atoms with Crippen molar-refractivity contribution in [2.75, 3.05) is 0 Å². The van der Waals surface area contributed by atoms with Gasteiger partial charge in [-0.05, 0) is 24.3 Å². The first-order valence-electron chi connectivity index (χ1n) is 8.53. The SMILES string of the molecule is O=C(O)CC(=O)C(C(=O)O)C(CCc1ccccc1)C(C(=O)O)C(=O)CC(=O)O. The van der Waals surface area contributed by atoms with Gasteiger partial charge in [0.05, 0.1) is 0 Å². The van der Waals surface area contributed by atoms with E-state index in [9.17, 15) is 39.0 Å². The number of ketones is 2. The normalized spacial score (nSPS) is 13.7. The second-order valence-corrected chi connectivity index (χ2v) is 6.39. The molecule has 1 aromatic rings. The first-order valence-corrected chi connectivity index (χ1v) is 8.53. The van der Waals surface area contributed by atoms with Crippen molar-refractivity contribution in [2.24, 2.45) is 17.8 Å². The Morgan fingerprint density at radius 1 is 0.690 bits per heavy atom. The van der Waals surface area contributed by atoms with Gasteiger partial charge in [0.1, 0.15) is 24.7 Å². The standard InChI is InChI=1S/C19H20O10/c20-12(8-14(22)23)16(18(26)27)11(7-6-10-4-2-1-3-5-10)17(19(28)29)13(21)9-15(24)25/h1-5,11,16-17H,6-9H2,(H,22,23)(H,24,25)(H,26,27)(H,28,29). The summed E-state index contributed by atoms with van der Waals surface area (Å²) in [7, 11) is 0. The summed E-state index contributed by atoms with van der Waals surface area (Å²) in [4.78, 5) is 69.6. The summed E-state index contributed by atoms with van der Waals surface area (Å²) in [6, 6.07) is 8.41. The second kappa shape index (κ2) is 10.7. The Hall–Kier alpha value is -3.56. The maximum atomic E-state index is 12.2. The van der Waals surface area contributed by atoms with Gasteiger partial charge < -0.3 is 20.4 Å². The molecule has 0 saturated heterocycles. The predicted molar refractivity (Wildman–Crippen MR) is 95.0 cm³/mol. The Labute approximate surface area is 164 Å². The summed E-state index contributed by atoms with van der Waals surface area (Å²) in [5.74, 6) is -15.1. The number of carboxylic acids is 4. The van der Waals surface area contributed by atoms with Crippen molar-refractivity contribution in [3.05, 3.63) is 35.9 Å². The molecule has 156 valence electrons. The minimum atomic E-state index is -2.09. The molecule has 10 nitrogen and oxygen atoms in total. The van der Waals surface area contributed by atoms with E-state index in [0.717, 1.165) is 0 Å². The average Bonchev–Trinajstić information content (AvgIpc) is 2.58. The Kier molecular flexibility index (Phi) is 8.66. The van der Waals surface area contributed by atoms with Gasteiger partial charge in [-0.1, -0.05) is 30.3 Å². The van der Waals surface area contributed by atoms with Crippen molar-refractivity contribution < 1.29 is 49.2 Å². The Morgan fingerprint density at radius 3 is 1.45 bits per heavy atom. The van der Waals surface area contributed by atoms with Gasteiger partial charge in [0.15, 0.2) is 11.6 Å². The minimum absolute atomic E-state index is 0.0970. The van der Waals surface area contributed by atoms with E-state index in [2.05, 4.69) is 0 Å². The van der Waals surface area contributed by atoms with E-state index in [0.29, 0.717) is 5.56 Å². The lowest BCUT2D eigenvalue weighted by molar-refractivity contribution is -0.156. The highest BCUT2D eigenvalue weighted by Gasteiger charge is 2.45. The Morgan fingerprint density at radius 2 is 1.10 bits per heavy atom. The molecule has 0 radical (unpaired) electrons. The van der Waals surface area contributed by atoms with E-state index in [4.69, 9.17) is 10.2 Å². The first-order chi connectivity index (χ1) is 13.5. The lowest BCUT2D eigenvalue weighted by atomic mass is 9.73. The number of carboxylic acid groups (broad SMARTS) is 4. The van der Waals surface area contributed by atoms with Crippen LogP contribution < -0.4 is 0 Å². The quantitative estimate of drug-likeness (QED) is 0.339. The molecule has 29 heavy (non-hydrogen) atoms. The maximum Gasteiger partial charge on any atom is 0.314 e. The maximum absolute atomic E-state index is 12.2. The molecule has 0 saturated carbocycles. The largest absolute Gasteiger partial charge is 0.481 e. The average molecular weight is 408 g/mol. The van der Waals surface area contributed by atoms with E-state index in [1.807, 2.05) is 0 Å². The third-order valence-electron chi connectivity index (χ3n) is 4.34. The number of hydrogen-bond acceptors (Lipinski definition) is 6. The van der Waals surface area contributed by atoms with Crippen LogP contribution in [0.25, 0.3) is 0 Å². The van der Waals surface area contributed by atoms with Crippen molar-refractivity contribution in [1.29, 1.82) is 0 Å². The number of rotatable bonds is 13. The van der Waals surface area contributed by atoms with Crippen LogP contribution >= 0.6 is 0 Å². The van der Waals surface area contributed by atoms with Gasteiger partial charge in [-0.3, -0.25) is 28.8 Å².